The lowest BCUT2D eigenvalue weighted by Gasteiger charge is -2.18. The van der Waals surface area contributed by atoms with E-state index in [0.717, 1.165) is 21.6 Å². The Bertz CT molecular complexity index is 751. The highest BCUT2D eigenvalue weighted by Crippen LogP contribution is 2.42. The van der Waals surface area contributed by atoms with E-state index in [2.05, 4.69) is 5.10 Å². The van der Waals surface area contributed by atoms with Crippen molar-refractivity contribution in [2.75, 3.05) is 0 Å². The van der Waals surface area contributed by atoms with Gasteiger partial charge in [-0.05, 0) is 6.92 Å². The van der Waals surface area contributed by atoms with Gasteiger partial charge in [-0.1, -0.05) is 60.7 Å². The van der Waals surface area contributed by atoms with Gasteiger partial charge in [-0.2, -0.15) is 5.10 Å². The molecule has 3 nitrogen and oxygen atoms in total. The zero-order valence-corrected chi connectivity index (χ0v) is 13.0. The molecule has 0 aliphatic rings. The molecular weight excluding hydrogens is 279 g/mol. The van der Waals surface area contributed by atoms with Gasteiger partial charge in [-0.15, -0.1) is 0 Å². The summed E-state index contributed by atoms with van der Waals surface area (Å²) in [5.74, 6) is 0. The average Bonchev–Trinajstić information content (AvgIpc) is 2.87. The summed E-state index contributed by atoms with van der Waals surface area (Å²) in [6.45, 7) is 1.91. The van der Waals surface area contributed by atoms with Crippen molar-refractivity contribution < 1.29 is 4.57 Å². The van der Waals surface area contributed by atoms with E-state index in [1.54, 1.807) is 4.68 Å². The van der Waals surface area contributed by atoms with Gasteiger partial charge in [0, 0.05) is 23.9 Å². The van der Waals surface area contributed by atoms with Gasteiger partial charge in [-0.3, -0.25) is 4.68 Å². The van der Waals surface area contributed by atoms with Crippen LogP contribution < -0.4 is 15.9 Å². The summed E-state index contributed by atoms with van der Waals surface area (Å²) in [5.41, 5.74) is 0.813. The van der Waals surface area contributed by atoms with Crippen LogP contribution in [0.1, 0.15) is 5.69 Å². The van der Waals surface area contributed by atoms with Gasteiger partial charge in [0.25, 0.3) is 0 Å². The molecule has 0 bridgehead atoms. The van der Waals surface area contributed by atoms with E-state index in [-0.39, 0.29) is 0 Å². The van der Waals surface area contributed by atoms with Crippen molar-refractivity contribution in [1.82, 2.24) is 9.78 Å². The van der Waals surface area contributed by atoms with Gasteiger partial charge < -0.3 is 4.57 Å². The van der Waals surface area contributed by atoms with Crippen LogP contribution in [0.2, 0.25) is 0 Å². The summed E-state index contributed by atoms with van der Waals surface area (Å²) in [4.78, 5) is 0. The fourth-order valence-electron chi connectivity index (χ4n) is 2.60. The Morgan fingerprint density at radius 3 is 1.76 bits per heavy atom. The Labute approximate surface area is 124 Å². The third-order valence-corrected chi connectivity index (χ3v) is 6.73. The second kappa shape index (κ2) is 5.34. The monoisotopic (exact) mass is 296 g/mol. The Hall–Kier alpha value is -2.12. The first-order valence-electron chi connectivity index (χ1n) is 6.84. The summed E-state index contributed by atoms with van der Waals surface area (Å²) in [6, 6.07) is 19.3. The van der Waals surface area contributed by atoms with E-state index in [4.69, 9.17) is 0 Å². The van der Waals surface area contributed by atoms with Crippen molar-refractivity contribution in [2.24, 2.45) is 7.05 Å². The number of nitrogens with zero attached hydrogens (tertiary/aromatic N) is 2. The standard InChI is InChI=1S/C17H17N2OP/c1-14-17(13-19(2)18-14)21(20,15-9-5-3-6-10-15)16-11-7-4-8-12-16/h3-13H,1-2H3. The minimum atomic E-state index is -2.88. The summed E-state index contributed by atoms with van der Waals surface area (Å²) in [5, 5.41) is 6.86. The highest BCUT2D eigenvalue weighted by atomic mass is 31.2. The van der Waals surface area contributed by atoms with Crippen LogP contribution in [-0.2, 0) is 11.6 Å². The maximum absolute atomic E-state index is 14.0. The Morgan fingerprint density at radius 2 is 1.38 bits per heavy atom. The number of aromatic nitrogens is 2. The van der Waals surface area contributed by atoms with Crippen molar-refractivity contribution in [3.05, 3.63) is 72.6 Å². The lowest BCUT2D eigenvalue weighted by molar-refractivity contribution is 0.592. The molecule has 106 valence electrons. The Kier molecular flexibility index (Phi) is 3.52. The number of rotatable bonds is 3. The largest absolute Gasteiger partial charge is 0.309 e. The van der Waals surface area contributed by atoms with E-state index in [1.807, 2.05) is 80.8 Å². The summed E-state index contributed by atoms with van der Waals surface area (Å²) in [7, 11) is -1.02. The number of aryl methyl sites for hydroxylation is 2. The molecule has 1 aromatic heterocycles. The van der Waals surface area contributed by atoms with E-state index in [1.165, 1.54) is 0 Å². The highest BCUT2D eigenvalue weighted by Gasteiger charge is 2.32. The predicted octanol–water partition coefficient (Wildman–Crippen LogP) is 2.37. The van der Waals surface area contributed by atoms with Crippen LogP contribution in [0.15, 0.2) is 66.9 Å². The third kappa shape index (κ3) is 2.34. The van der Waals surface area contributed by atoms with Crippen LogP contribution in [0.5, 0.6) is 0 Å². The van der Waals surface area contributed by atoms with Crippen molar-refractivity contribution in [1.29, 1.82) is 0 Å². The minimum Gasteiger partial charge on any atom is -0.309 e. The molecule has 0 spiro atoms. The molecule has 1 heterocycles. The van der Waals surface area contributed by atoms with Gasteiger partial charge >= 0.3 is 0 Å². The Balaban J connectivity index is 2.31. The molecule has 3 rings (SSSR count). The zero-order chi connectivity index (χ0) is 14.9. The first kappa shape index (κ1) is 13.8. The first-order valence-corrected chi connectivity index (χ1v) is 8.55. The van der Waals surface area contributed by atoms with E-state index in [0.29, 0.717) is 0 Å². The maximum atomic E-state index is 14.0. The number of benzene rings is 2. The average molecular weight is 296 g/mol. The topological polar surface area (TPSA) is 34.9 Å². The summed E-state index contributed by atoms with van der Waals surface area (Å²) < 4.78 is 15.7. The SMILES string of the molecule is Cc1nn(C)cc1P(=O)(c1ccccc1)c1ccccc1. The molecule has 21 heavy (non-hydrogen) atoms. The van der Waals surface area contributed by atoms with Crippen molar-refractivity contribution in [3.63, 3.8) is 0 Å². The highest BCUT2D eigenvalue weighted by molar-refractivity contribution is 7.85. The van der Waals surface area contributed by atoms with Crippen LogP contribution in [0, 0.1) is 6.92 Å². The molecule has 3 aromatic rings. The quantitative estimate of drug-likeness (QED) is 0.696. The molecule has 0 fully saturated rings. The second-order valence-corrected chi connectivity index (χ2v) is 7.79. The van der Waals surface area contributed by atoms with Crippen LogP contribution in [0.4, 0.5) is 0 Å². The van der Waals surface area contributed by atoms with Crippen molar-refractivity contribution >= 4 is 23.1 Å². The van der Waals surface area contributed by atoms with Crippen LogP contribution >= 0.6 is 7.14 Å². The molecule has 0 amide bonds. The summed E-state index contributed by atoms with van der Waals surface area (Å²) in [6.07, 6.45) is 1.87. The van der Waals surface area contributed by atoms with Gasteiger partial charge in [0.1, 0.15) is 0 Å². The van der Waals surface area contributed by atoms with Gasteiger partial charge in [-0.25, -0.2) is 0 Å². The number of hydrogen-bond donors (Lipinski definition) is 0. The lowest BCUT2D eigenvalue weighted by Crippen LogP contribution is -2.25. The molecule has 0 aliphatic carbocycles. The molecule has 0 saturated carbocycles. The number of hydrogen-bond acceptors (Lipinski definition) is 2. The van der Waals surface area contributed by atoms with Gasteiger partial charge in [0.15, 0.2) is 7.14 Å². The summed E-state index contributed by atoms with van der Waals surface area (Å²) >= 11 is 0. The van der Waals surface area contributed by atoms with Crippen LogP contribution in [-0.4, -0.2) is 9.78 Å². The predicted molar refractivity (Wildman–Crippen MR) is 87.3 cm³/mol. The molecule has 0 unspecified atom stereocenters. The van der Waals surface area contributed by atoms with Crippen LogP contribution in [0.25, 0.3) is 0 Å². The molecule has 2 aromatic carbocycles. The maximum Gasteiger partial charge on any atom is 0.174 e. The fraction of sp³-hybridized carbons (Fsp3) is 0.118. The molecule has 4 heteroatoms. The smallest absolute Gasteiger partial charge is 0.174 e. The molecular formula is C17H17N2OP. The molecule has 0 saturated heterocycles. The zero-order valence-electron chi connectivity index (χ0n) is 12.1. The molecule has 0 N–H and O–H groups in total. The van der Waals surface area contributed by atoms with E-state index in [9.17, 15) is 4.57 Å². The van der Waals surface area contributed by atoms with Gasteiger partial charge in [0.2, 0.25) is 0 Å². The van der Waals surface area contributed by atoms with Crippen molar-refractivity contribution in [2.45, 2.75) is 6.92 Å². The second-order valence-electron chi connectivity index (χ2n) is 5.05. The normalized spacial score (nSPS) is 11.5. The fourth-order valence-corrected chi connectivity index (χ4v) is 5.47. The van der Waals surface area contributed by atoms with Gasteiger partial charge in [0.05, 0.1) is 11.0 Å². The molecule has 0 atom stereocenters. The van der Waals surface area contributed by atoms with Crippen molar-refractivity contribution in [3.8, 4) is 0 Å². The van der Waals surface area contributed by atoms with E-state index >= 15 is 0 Å². The molecule has 0 radical (unpaired) electrons. The first-order chi connectivity index (χ1) is 10.1. The van der Waals surface area contributed by atoms with Crippen LogP contribution in [0.3, 0.4) is 0 Å². The Morgan fingerprint density at radius 1 is 0.905 bits per heavy atom. The minimum absolute atomic E-state index is 0.808. The van der Waals surface area contributed by atoms with E-state index < -0.39 is 7.14 Å². The molecule has 0 aliphatic heterocycles. The third-order valence-electron chi connectivity index (χ3n) is 3.57. The lowest BCUT2D eigenvalue weighted by atomic mass is 10.4.